The van der Waals surface area contributed by atoms with Crippen LogP contribution in [0.2, 0.25) is 0 Å². The van der Waals surface area contributed by atoms with E-state index >= 15 is 0 Å². The van der Waals surface area contributed by atoms with E-state index in [9.17, 15) is 0 Å². The molecule has 2 rings (SSSR count). The minimum Gasteiger partial charge on any atom is -0.381 e. The molecule has 4 unspecified atom stereocenters. The lowest BCUT2D eigenvalue weighted by Gasteiger charge is -2.41. The fourth-order valence-corrected chi connectivity index (χ4v) is 4.00. The van der Waals surface area contributed by atoms with Crippen molar-refractivity contribution in [3.63, 3.8) is 0 Å². The van der Waals surface area contributed by atoms with E-state index < -0.39 is 0 Å². The Hall–Kier alpha value is -0.0800. The first-order valence-corrected chi connectivity index (χ1v) is 7.63. The molecule has 1 saturated heterocycles. The predicted octanol–water partition coefficient (Wildman–Crippen LogP) is 3.20. The summed E-state index contributed by atoms with van der Waals surface area (Å²) in [5, 5.41) is 0. The quantitative estimate of drug-likeness (QED) is 0.817. The Kier molecular flexibility index (Phi) is 5.30. The molecule has 0 radical (unpaired) electrons. The van der Waals surface area contributed by atoms with Crippen molar-refractivity contribution in [3.05, 3.63) is 0 Å². The van der Waals surface area contributed by atoms with Crippen molar-refractivity contribution >= 4 is 0 Å². The van der Waals surface area contributed by atoms with Gasteiger partial charge in [0.1, 0.15) is 0 Å². The van der Waals surface area contributed by atoms with Crippen LogP contribution in [0.5, 0.6) is 0 Å². The molecule has 1 heterocycles. The highest BCUT2D eigenvalue weighted by atomic mass is 16.5. The normalized spacial score (nSPS) is 39.2. The molecule has 2 fully saturated rings. The Balaban J connectivity index is 1.93. The van der Waals surface area contributed by atoms with Crippen LogP contribution in [0.1, 0.15) is 51.9 Å². The molecule has 4 atom stereocenters. The minimum absolute atomic E-state index is 0.773. The first-order chi connectivity index (χ1) is 8.35. The van der Waals surface area contributed by atoms with Crippen LogP contribution in [0.4, 0.5) is 0 Å². The fraction of sp³-hybridized carbons (Fsp3) is 1.00. The zero-order valence-electron chi connectivity index (χ0n) is 11.4. The van der Waals surface area contributed by atoms with Gasteiger partial charge in [0.05, 0.1) is 0 Å². The van der Waals surface area contributed by atoms with E-state index in [1.165, 1.54) is 44.9 Å². The van der Waals surface area contributed by atoms with Gasteiger partial charge in [0, 0.05) is 13.2 Å². The lowest BCUT2D eigenvalue weighted by atomic mass is 9.66. The Morgan fingerprint density at radius 3 is 2.76 bits per heavy atom. The standard InChI is InChI=1S/C15H29NO/c1-2-4-12-6-7-13(10-16)15(9-12)14-5-3-8-17-11-14/h12-15H,2-11,16H2,1H3. The largest absolute Gasteiger partial charge is 0.381 e. The van der Waals surface area contributed by atoms with Crippen LogP contribution in [0.15, 0.2) is 0 Å². The van der Waals surface area contributed by atoms with Gasteiger partial charge in [-0.3, -0.25) is 0 Å². The Labute approximate surface area is 106 Å². The molecule has 0 aromatic rings. The summed E-state index contributed by atoms with van der Waals surface area (Å²) in [6.07, 6.45) is 9.59. The van der Waals surface area contributed by atoms with Crippen molar-refractivity contribution in [2.45, 2.75) is 51.9 Å². The third kappa shape index (κ3) is 3.45. The molecule has 1 saturated carbocycles. The Morgan fingerprint density at radius 1 is 1.24 bits per heavy atom. The smallest absolute Gasteiger partial charge is 0.0497 e. The fourth-order valence-electron chi connectivity index (χ4n) is 4.00. The lowest BCUT2D eigenvalue weighted by molar-refractivity contribution is -0.00209. The average molecular weight is 239 g/mol. The first kappa shape index (κ1) is 13.4. The number of hydrogen-bond donors (Lipinski definition) is 1. The van der Waals surface area contributed by atoms with Crippen molar-refractivity contribution in [2.75, 3.05) is 19.8 Å². The average Bonchev–Trinajstić information content (AvgIpc) is 2.40. The van der Waals surface area contributed by atoms with E-state index in [-0.39, 0.29) is 0 Å². The zero-order chi connectivity index (χ0) is 12.1. The third-order valence-electron chi connectivity index (χ3n) is 4.96. The third-order valence-corrected chi connectivity index (χ3v) is 4.96. The van der Waals surface area contributed by atoms with Crippen LogP contribution in [0.25, 0.3) is 0 Å². The van der Waals surface area contributed by atoms with Gasteiger partial charge in [0.2, 0.25) is 0 Å². The number of nitrogens with two attached hydrogens (primary N) is 1. The lowest BCUT2D eigenvalue weighted by Crippen LogP contribution is -2.38. The second-order valence-electron chi connectivity index (χ2n) is 6.10. The highest BCUT2D eigenvalue weighted by molar-refractivity contribution is 4.86. The van der Waals surface area contributed by atoms with E-state index in [0.29, 0.717) is 0 Å². The molecular formula is C15H29NO. The maximum absolute atomic E-state index is 5.98. The molecular weight excluding hydrogens is 210 g/mol. The van der Waals surface area contributed by atoms with Crippen LogP contribution >= 0.6 is 0 Å². The molecule has 0 bridgehead atoms. The molecule has 2 nitrogen and oxygen atoms in total. The molecule has 2 aliphatic rings. The van der Waals surface area contributed by atoms with Crippen molar-refractivity contribution in [2.24, 2.45) is 29.4 Å². The van der Waals surface area contributed by atoms with Gasteiger partial charge in [-0.05, 0) is 55.9 Å². The minimum atomic E-state index is 0.773. The van der Waals surface area contributed by atoms with E-state index in [2.05, 4.69) is 6.92 Å². The maximum atomic E-state index is 5.98. The van der Waals surface area contributed by atoms with Gasteiger partial charge >= 0.3 is 0 Å². The summed E-state index contributed by atoms with van der Waals surface area (Å²) in [4.78, 5) is 0. The Morgan fingerprint density at radius 2 is 2.12 bits per heavy atom. The number of rotatable bonds is 4. The summed E-state index contributed by atoms with van der Waals surface area (Å²) in [5.41, 5.74) is 5.98. The molecule has 1 aliphatic heterocycles. The van der Waals surface area contributed by atoms with Crippen LogP contribution in [-0.4, -0.2) is 19.8 Å². The summed E-state index contributed by atoms with van der Waals surface area (Å²) in [6.45, 7) is 5.18. The van der Waals surface area contributed by atoms with Gasteiger partial charge in [-0.1, -0.05) is 26.2 Å². The van der Waals surface area contributed by atoms with Gasteiger partial charge in [-0.25, -0.2) is 0 Å². The van der Waals surface area contributed by atoms with E-state index in [1.54, 1.807) is 0 Å². The summed E-state index contributed by atoms with van der Waals surface area (Å²) in [6, 6.07) is 0. The highest BCUT2D eigenvalue weighted by Gasteiger charge is 2.35. The molecule has 0 spiro atoms. The SMILES string of the molecule is CCCC1CCC(CN)C(C2CCCOC2)C1. The molecule has 0 amide bonds. The van der Waals surface area contributed by atoms with Crippen molar-refractivity contribution in [1.82, 2.24) is 0 Å². The predicted molar refractivity (Wildman–Crippen MR) is 71.8 cm³/mol. The molecule has 100 valence electrons. The van der Waals surface area contributed by atoms with E-state index in [0.717, 1.165) is 43.4 Å². The second-order valence-corrected chi connectivity index (χ2v) is 6.10. The molecule has 2 N–H and O–H groups in total. The topological polar surface area (TPSA) is 35.2 Å². The number of hydrogen-bond acceptors (Lipinski definition) is 2. The first-order valence-electron chi connectivity index (χ1n) is 7.63. The molecule has 0 aromatic heterocycles. The van der Waals surface area contributed by atoms with Gasteiger partial charge in [0.15, 0.2) is 0 Å². The van der Waals surface area contributed by atoms with Gasteiger partial charge in [0.25, 0.3) is 0 Å². The molecule has 1 aliphatic carbocycles. The van der Waals surface area contributed by atoms with Gasteiger partial charge in [-0.15, -0.1) is 0 Å². The summed E-state index contributed by atoms with van der Waals surface area (Å²) >= 11 is 0. The second kappa shape index (κ2) is 6.75. The molecule has 17 heavy (non-hydrogen) atoms. The van der Waals surface area contributed by atoms with Crippen LogP contribution in [0.3, 0.4) is 0 Å². The molecule has 0 aromatic carbocycles. The van der Waals surface area contributed by atoms with Crippen LogP contribution in [-0.2, 0) is 4.74 Å². The van der Waals surface area contributed by atoms with Crippen molar-refractivity contribution < 1.29 is 4.74 Å². The van der Waals surface area contributed by atoms with Gasteiger partial charge < -0.3 is 10.5 Å². The van der Waals surface area contributed by atoms with Crippen molar-refractivity contribution in [1.29, 1.82) is 0 Å². The van der Waals surface area contributed by atoms with Crippen LogP contribution in [0, 0.1) is 23.7 Å². The number of ether oxygens (including phenoxy) is 1. The summed E-state index contributed by atoms with van der Waals surface area (Å²) in [5.74, 6) is 3.40. The van der Waals surface area contributed by atoms with Crippen LogP contribution < -0.4 is 5.73 Å². The highest BCUT2D eigenvalue weighted by Crippen LogP contribution is 2.41. The summed E-state index contributed by atoms with van der Waals surface area (Å²) < 4.78 is 5.68. The summed E-state index contributed by atoms with van der Waals surface area (Å²) in [7, 11) is 0. The maximum Gasteiger partial charge on any atom is 0.0497 e. The zero-order valence-corrected chi connectivity index (χ0v) is 11.4. The van der Waals surface area contributed by atoms with Gasteiger partial charge in [-0.2, -0.15) is 0 Å². The van der Waals surface area contributed by atoms with Crippen molar-refractivity contribution in [3.8, 4) is 0 Å². The molecule has 2 heteroatoms. The van der Waals surface area contributed by atoms with E-state index in [1.807, 2.05) is 0 Å². The monoisotopic (exact) mass is 239 g/mol. The van der Waals surface area contributed by atoms with E-state index in [4.69, 9.17) is 10.5 Å². The Bertz CT molecular complexity index is 213.